The topological polar surface area (TPSA) is 173 Å². The highest BCUT2D eigenvalue weighted by molar-refractivity contribution is 5.96. The number of hydrogen-bond acceptors (Lipinski definition) is 7. The number of unbranched alkanes of at least 4 members (excludes halogenated alkanes) is 1. The van der Waals surface area contributed by atoms with Crippen molar-refractivity contribution in [3.8, 4) is 0 Å². The summed E-state index contributed by atoms with van der Waals surface area (Å²) in [4.78, 5) is 48.2. The van der Waals surface area contributed by atoms with Crippen LogP contribution in [0, 0.1) is 17.7 Å². The largest absolute Gasteiger partial charge is 0.478 e. The number of nitrogens with zero attached hydrogens (tertiary/aromatic N) is 2. The summed E-state index contributed by atoms with van der Waals surface area (Å²) < 4.78 is 13.3. The first-order chi connectivity index (χ1) is 19.1. The number of anilines is 1. The fraction of sp³-hybridized carbons (Fsp3) is 0.586. The lowest BCUT2D eigenvalue weighted by atomic mass is 9.87. The van der Waals surface area contributed by atoms with Crippen LogP contribution in [0.5, 0.6) is 0 Å². The first-order valence-corrected chi connectivity index (χ1v) is 13.7. The smallest absolute Gasteiger partial charge is 0.328 e. The van der Waals surface area contributed by atoms with Gasteiger partial charge in [-0.25, -0.2) is 14.0 Å². The molecule has 230 valence electrons. The molecule has 41 heavy (non-hydrogen) atoms. The molecule has 0 bridgehead atoms. The second kappa shape index (κ2) is 16.8. The summed E-state index contributed by atoms with van der Waals surface area (Å²) in [5.41, 5.74) is 6.62. The van der Waals surface area contributed by atoms with E-state index in [-0.39, 0.29) is 42.4 Å². The van der Waals surface area contributed by atoms with E-state index < -0.39 is 29.6 Å². The number of carboxylic acid groups (broad SMARTS) is 2. The van der Waals surface area contributed by atoms with Crippen LogP contribution >= 0.6 is 0 Å². The van der Waals surface area contributed by atoms with Crippen LogP contribution in [0.2, 0.25) is 0 Å². The van der Waals surface area contributed by atoms with Crippen LogP contribution in [-0.4, -0.2) is 87.8 Å². The predicted molar refractivity (Wildman–Crippen MR) is 154 cm³/mol. The number of carbonyl (C=O) groups excluding carboxylic acids is 2. The molecule has 1 heterocycles. The Bertz CT molecular complexity index is 1030. The zero-order chi connectivity index (χ0) is 31.3. The number of halogens is 1. The first-order valence-electron chi connectivity index (χ1n) is 13.7. The van der Waals surface area contributed by atoms with Crippen LogP contribution < -0.4 is 16.0 Å². The maximum absolute atomic E-state index is 13.3. The van der Waals surface area contributed by atoms with Gasteiger partial charge in [0, 0.05) is 55.0 Å². The SMILES string of the molecule is CCCCNC(=O)[C@@H](C[C@H](O)[C@@H](N)CN1CC(=O)N(c2ccc(F)cc2)CC1(C)C)C(C)C.O=C(O)/C=C/C(=O)O. The molecule has 0 saturated carbocycles. The third kappa shape index (κ3) is 12.4. The van der Waals surface area contributed by atoms with Gasteiger partial charge in [-0.1, -0.05) is 27.2 Å². The quantitative estimate of drug-likeness (QED) is 0.173. The highest BCUT2D eigenvalue weighted by Gasteiger charge is 2.40. The molecule has 0 unspecified atom stereocenters. The molecule has 0 spiro atoms. The van der Waals surface area contributed by atoms with Gasteiger partial charge >= 0.3 is 11.9 Å². The maximum Gasteiger partial charge on any atom is 0.328 e. The average molecular weight is 581 g/mol. The molecule has 3 atom stereocenters. The van der Waals surface area contributed by atoms with E-state index in [1.165, 1.54) is 12.1 Å². The summed E-state index contributed by atoms with van der Waals surface area (Å²) >= 11 is 0. The Kier molecular flexibility index (Phi) is 14.6. The van der Waals surface area contributed by atoms with E-state index in [1.807, 2.05) is 32.6 Å². The summed E-state index contributed by atoms with van der Waals surface area (Å²) in [5.74, 6) is -3.26. The summed E-state index contributed by atoms with van der Waals surface area (Å²) in [6, 6.07) is 5.30. The van der Waals surface area contributed by atoms with Gasteiger partial charge in [-0.15, -0.1) is 0 Å². The number of nitrogens with two attached hydrogens (primary N) is 1. The fourth-order valence-corrected chi connectivity index (χ4v) is 4.36. The number of amides is 2. The number of hydrogen-bond donors (Lipinski definition) is 5. The molecule has 2 rings (SSSR count). The second-order valence-electron chi connectivity index (χ2n) is 11.1. The molecule has 1 aromatic rings. The molecule has 1 fully saturated rings. The van der Waals surface area contributed by atoms with Crippen LogP contribution in [0.25, 0.3) is 0 Å². The lowest BCUT2D eigenvalue weighted by Gasteiger charge is -2.47. The van der Waals surface area contributed by atoms with Gasteiger partial charge in [0.15, 0.2) is 0 Å². The van der Waals surface area contributed by atoms with E-state index >= 15 is 0 Å². The molecule has 0 aliphatic carbocycles. The molecule has 2 amide bonds. The van der Waals surface area contributed by atoms with Crippen LogP contribution in [-0.2, 0) is 19.2 Å². The van der Waals surface area contributed by atoms with Crippen molar-refractivity contribution in [2.24, 2.45) is 17.6 Å². The van der Waals surface area contributed by atoms with Crippen LogP contribution in [0.1, 0.15) is 53.9 Å². The molecule has 1 aliphatic heterocycles. The van der Waals surface area contributed by atoms with Gasteiger partial charge in [0.25, 0.3) is 0 Å². The highest BCUT2D eigenvalue weighted by Crippen LogP contribution is 2.27. The third-order valence-corrected chi connectivity index (χ3v) is 6.93. The van der Waals surface area contributed by atoms with E-state index in [0.717, 1.165) is 12.8 Å². The minimum Gasteiger partial charge on any atom is -0.478 e. The lowest BCUT2D eigenvalue weighted by molar-refractivity contribution is -0.134. The van der Waals surface area contributed by atoms with Gasteiger partial charge in [0.05, 0.1) is 12.6 Å². The first kappa shape index (κ1) is 35.7. The highest BCUT2D eigenvalue weighted by atomic mass is 19.1. The van der Waals surface area contributed by atoms with E-state index in [1.54, 1.807) is 17.0 Å². The third-order valence-electron chi connectivity index (χ3n) is 6.93. The zero-order valence-electron chi connectivity index (χ0n) is 24.5. The fourth-order valence-electron chi connectivity index (χ4n) is 4.36. The summed E-state index contributed by atoms with van der Waals surface area (Å²) in [6.07, 6.45) is 2.45. The number of carbonyl (C=O) groups is 4. The number of aliphatic hydroxyl groups excluding tert-OH is 1. The van der Waals surface area contributed by atoms with E-state index in [9.17, 15) is 28.7 Å². The lowest BCUT2D eigenvalue weighted by Crippen LogP contribution is -2.64. The summed E-state index contributed by atoms with van der Waals surface area (Å²) in [5, 5.41) is 29.4. The number of piperazine rings is 1. The Balaban J connectivity index is 0.000000915. The minimum atomic E-state index is -1.26. The van der Waals surface area contributed by atoms with Crippen molar-refractivity contribution in [1.29, 1.82) is 0 Å². The molecule has 12 heteroatoms. The number of carboxylic acids is 2. The standard InChI is InChI=1S/C25H41FN4O3.C4H4O4/c1-6-7-12-28-24(33)20(17(2)3)13-22(31)21(27)14-29-15-23(32)30(16-25(29,4)5)19-10-8-18(26)9-11-19;5-3(6)1-2-4(7)8/h8-11,17,20-22,31H,6-7,12-16,27H2,1-5H3,(H,28,33);1-2H,(H,5,6)(H,7,8)/b;2-1+/t20-,21-,22-;/m0./s1. The number of nitrogens with one attached hydrogen (secondary N) is 1. The minimum absolute atomic E-state index is 0.0480. The molecular weight excluding hydrogens is 535 g/mol. The number of aliphatic carboxylic acids is 2. The number of rotatable bonds is 13. The van der Waals surface area contributed by atoms with Crippen molar-refractivity contribution in [3.63, 3.8) is 0 Å². The van der Waals surface area contributed by atoms with Crippen molar-refractivity contribution < 1.29 is 38.9 Å². The molecular formula is C29H45FN4O7. The zero-order valence-corrected chi connectivity index (χ0v) is 24.5. The van der Waals surface area contributed by atoms with E-state index in [0.29, 0.717) is 37.5 Å². The predicted octanol–water partition coefficient (Wildman–Crippen LogP) is 2.23. The normalized spacial score (nSPS) is 17.5. The van der Waals surface area contributed by atoms with Gasteiger partial charge in [-0.3, -0.25) is 14.5 Å². The molecule has 1 saturated heterocycles. The maximum atomic E-state index is 13.3. The average Bonchev–Trinajstić information content (AvgIpc) is 2.88. The molecule has 0 radical (unpaired) electrons. The Hall–Kier alpha value is -3.35. The molecule has 1 aromatic carbocycles. The van der Waals surface area contributed by atoms with Gasteiger partial charge in [0.1, 0.15) is 5.82 Å². The monoisotopic (exact) mass is 580 g/mol. The molecule has 6 N–H and O–H groups in total. The molecule has 11 nitrogen and oxygen atoms in total. The van der Waals surface area contributed by atoms with Crippen molar-refractivity contribution >= 4 is 29.4 Å². The van der Waals surface area contributed by atoms with Crippen molar-refractivity contribution in [3.05, 3.63) is 42.2 Å². The number of aliphatic hydroxyl groups is 1. The van der Waals surface area contributed by atoms with Crippen molar-refractivity contribution in [2.75, 3.05) is 31.1 Å². The van der Waals surface area contributed by atoms with Crippen LogP contribution in [0.15, 0.2) is 36.4 Å². The van der Waals surface area contributed by atoms with Gasteiger partial charge in [-0.05, 0) is 56.9 Å². The Labute approximate surface area is 241 Å². The Morgan fingerprint density at radius 2 is 1.68 bits per heavy atom. The van der Waals surface area contributed by atoms with Gasteiger partial charge in [0.2, 0.25) is 11.8 Å². The molecule has 0 aromatic heterocycles. The van der Waals surface area contributed by atoms with Crippen LogP contribution in [0.3, 0.4) is 0 Å². The van der Waals surface area contributed by atoms with Gasteiger partial charge < -0.3 is 31.3 Å². The molecule has 1 aliphatic rings. The van der Waals surface area contributed by atoms with Crippen molar-refractivity contribution in [1.82, 2.24) is 10.2 Å². The Morgan fingerprint density at radius 3 is 2.17 bits per heavy atom. The van der Waals surface area contributed by atoms with Gasteiger partial charge in [-0.2, -0.15) is 0 Å². The summed E-state index contributed by atoms with van der Waals surface area (Å²) in [6.45, 7) is 11.6. The Morgan fingerprint density at radius 1 is 1.12 bits per heavy atom. The number of benzene rings is 1. The van der Waals surface area contributed by atoms with Crippen molar-refractivity contribution in [2.45, 2.75) is 71.6 Å². The van der Waals surface area contributed by atoms with Crippen LogP contribution in [0.4, 0.5) is 10.1 Å². The second-order valence-corrected chi connectivity index (χ2v) is 11.1. The van der Waals surface area contributed by atoms with E-state index in [2.05, 4.69) is 12.2 Å². The summed E-state index contributed by atoms with van der Waals surface area (Å²) in [7, 11) is 0. The van der Waals surface area contributed by atoms with E-state index in [4.69, 9.17) is 15.9 Å².